The second-order valence-corrected chi connectivity index (χ2v) is 6.81. The minimum atomic E-state index is -3.30. The minimum absolute atomic E-state index is 0.317. The van der Waals surface area contributed by atoms with Gasteiger partial charge < -0.3 is 5.73 Å². The highest BCUT2D eigenvalue weighted by atomic mass is 32.2. The summed E-state index contributed by atoms with van der Waals surface area (Å²) in [6.07, 6.45) is 3.43. The molecule has 0 saturated carbocycles. The van der Waals surface area contributed by atoms with Crippen LogP contribution in [0.25, 0.3) is 0 Å². The first-order valence-corrected chi connectivity index (χ1v) is 7.44. The third kappa shape index (κ3) is 2.25. The first kappa shape index (κ1) is 12.3. The highest BCUT2D eigenvalue weighted by molar-refractivity contribution is 7.86. The number of hydrogen-bond acceptors (Lipinski definition) is 3. The molecule has 0 aliphatic carbocycles. The molecule has 0 aromatic rings. The van der Waals surface area contributed by atoms with Crippen molar-refractivity contribution < 1.29 is 8.42 Å². The zero-order chi connectivity index (χ0) is 11.8. The molecule has 0 bridgehead atoms. The van der Waals surface area contributed by atoms with Crippen LogP contribution in [0.3, 0.4) is 0 Å². The Morgan fingerprint density at radius 1 is 1.19 bits per heavy atom. The molecule has 94 valence electrons. The van der Waals surface area contributed by atoms with Crippen molar-refractivity contribution in [3.8, 4) is 0 Å². The summed E-state index contributed by atoms with van der Waals surface area (Å²) < 4.78 is 27.7. The Kier molecular flexibility index (Phi) is 3.53. The van der Waals surface area contributed by atoms with Crippen molar-refractivity contribution >= 4 is 10.2 Å². The van der Waals surface area contributed by atoms with Gasteiger partial charge in [0.2, 0.25) is 0 Å². The van der Waals surface area contributed by atoms with Crippen molar-refractivity contribution in [1.29, 1.82) is 0 Å². The van der Waals surface area contributed by atoms with Gasteiger partial charge in [-0.05, 0) is 31.6 Å². The topological polar surface area (TPSA) is 66.6 Å². The van der Waals surface area contributed by atoms with Gasteiger partial charge in [0.1, 0.15) is 0 Å². The van der Waals surface area contributed by atoms with Crippen LogP contribution in [0.4, 0.5) is 0 Å². The monoisotopic (exact) mass is 247 g/mol. The van der Waals surface area contributed by atoms with Crippen molar-refractivity contribution in [3.63, 3.8) is 0 Å². The Morgan fingerprint density at radius 2 is 1.88 bits per heavy atom. The van der Waals surface area contributed by atoms with E-state index >= 15 is 0 Å². The van der Waals surface area contributed by atoms with E-state index in [9.17, 15) is 8.42 Å². The van der Waals surface area contributed by atoms with E-state index in [1.165, 1.54) is 4.31 Å². The van der Waals surface area contributed by atoms with Crippen LogP contribution in [-0.2, 0) is 10.2 Å². The summed E-state index contributed by atoms with van der Waals surface area (Å²) in [5.41, 5.74) is 5.83. The van der Waals surface area contributed by atoms with Crippen LogP contribution in [0, 0.1) is 5.92 Å². The summed E-state index contributed by atoms with van der Waals surface area (Å²) in [7, 11) is -3.30. The third-order valence-electron chi connectivity index (χ3n) is 3.49. The Balaban J connectivity index is 2.11. The Morgan fingerprint density at radius 3 is 2.44 bits per heavy atom. The molecule has 2 aliphatic rings. The second-order valence-electron chi connectivity index (χ2n) is 4.93. The molecular formula is C10H21N3O2S. The predicted octanol–water partition coefficient (Wildman–Crippen LogP) is 0.344. The molecule has 2 heterocycles. The van der Waals surface area contributed by atoms with Gasteiger partial charge in [-0.1, -0.05) is 6.92 Å². The van der Waals surface area contributed by atoms with Gasteiger partial charge in [-0.2, -0.15) is 17.0 Å². The normalized spacial score (nSPS) is 34.4. The first-order chi connectivity index (χ1) is 7.51. The van der Waals surface area contributed by atoms with E-state index in [4.69, 9.17) is 5.73 Å². The van der Waals surface area contributed by atoms with E-state index in [1.807, 2.05) is 0 Å². The Labute approximate surface area is 97.8 Å². The fraction of sp³-hybridized carbons (Fsp3) is 1.00. The molecule has 0 spiro atoms. The van der Waals surface area contributed by atoms with Crippen LogP contribution in [0.2, 0.25) is 0 Å². The molecule has 5 nitrogen and oxygen atoms in total. The maximum Gasteiger partial charge on any atom is 0.283 e. The van der Waals surface area contributed by atoms with Crippen LogP contribution < -0.4 is 5.73 Å². The summed E-state index contributed by atoms with van der Waals surface area (Å²) >= 11 is 0. The standard InChI is InChI=1S/C10H21N3O2S/c1-9-4-2-6-12(8-9)16(14,15)13-7-3-5-10(13)11/h9-10H,2-8,11H2,1H3. The molecule has 0 aromatic heterocycles. The summed E-state index contributed by atoms with van der Waals surface area (Å²) in [6, 6.07) is 0. The summed E-state index contributed by atoms with van der Waals surface area (Å²) in [6.45, 7) is 3.97. The van der Waals surface area contributed by atoms with E-state index in [0.717, 1.165) is 25.7 Å². The zero-order valence-electron chi connectivity index (χ0n) is 9.80. The van der Waals surface area contributed by atoms with E-state index in [-0.39, 0.29) is 6.17 Å². The highest BCUT2D eigenvalue weighted by Crippen LogP contribution is 2.24. The molecule has 0 amide bonds. The molecule has 2 unspecified atom stereocenters. The molecule has 2 saturated heterocycles. The van der Waals surface area contributed by atoms with Crippen molar-refractivity contribution in [3.05, 3.63) is 0 Å². The maximum absolute atomic E-state index is 12.3. The molecule has 0 aromatic carbocycles. The molecule has 16 heavy (non-hydrogen) atoms. The highest BCUT2D eigenvalue weighted by Gasteiger charge is 2.37. The van der Waals surface area contributed by atoms with E-state index in [0.29, 0.717) is 25.6 Å². The molecule has 2 rings (SSSR count). The van der Waals surface area contributed by atoms with Gasteiger partial charge in [-0.25, -0.2) is 0 Å². The summed E-state index contributed by atoms with van der Waals surface area (Å²) in [5.74, 6) is 0.461. The first-order valence-electron chi connectivity index (χ1n) is 6.04. The van der Waals surface area contributed by atoms with Gasteiger partial charge >= 0.3 is 0 Å². The van der Waals surface area contributed by atoms with E-state index in [2.05, 4.69) is 6.92 Å². The lowest BCUT2D eigenvalue weighted by atomic mass is 10.0. The lowest BCUT2D eigenvalue weighted by Crippen LogP contribution is -2.51. The van der Waals surface area contributed by atoms with Crippen molar-refractivity contribution in [2.24, 2.45) is 11.7 Å². The second kappa shape index (κ2) is 4.60. The van der Waals surface area contributed by atoms with Gasteiger partial charge in [-0.15, -0.1) is 0 Å². The lowest BCUT2D eigenvalue weighted by Gasteiger charge is -2.34. The number of rotatable bonds is 2. The Bertz CT molecular complexity index is 344. The van der Waals surface area contributed by atoms with Crippen LogP contribution >= 0.6 is 0 Å². The van der Waals surface area contributed by atoms with E-state index in [1.54, 1.807) is 4.31 Å². The lowest BCUT2D eigenvalue weighted by molar-refractivity contribution is 0.254. The minimum Gasteiger partial charge on any atom is -0.315 e. The van der Waals surface area contributed by atoms with Crippen LogP contribution in [0.15, 0.2) is 0 Å². The zero-order valence-corrected chi connectivity index (χ0v) is 10.6. The van der Waals surface area contributed by atoms with Gasteiger partial charge in [0.05, 0.1) is 6.17 Å². The number of nitrogens with two attached hydrogens (primary N) is 1. The predicted molar refractivity (Wildman–Crippen MR) is 62.8 cm³/mol. The van der Waals surface area contributed by atoms with Crippen molar-refractivity contribution in [1.82, 2.24) is 8.61 Å². The van der Waals surface area contributed by atoms with Gasteiger partial charge in [0.15, 0.2) is 0 Å². The molecule has 2 aliphatic heterocycles. The largest absolute Gasteiger partial charge is 0.315 e. The smallest absolute Gasteiger partial charge is 0.283 e. The third-order valence-corrected chi connectivity index (χ3v) is 5.52. The quantitative estimate of drug-likeness (QED) is 0.765. The van der Waals surface area contributed by atoms with Crippen molar-refractivity contribution in [2.75, 3.05) is 19.6 Å². The number of hydrogen-bond donors (Lipinski definition) is 1. The Hall–Kier alpha value is -0.170. The van der Waals surface area contributed by atoms with Gasteiger partial charge in [0, 0.05) is 19.6 Å². The maximum atomic E-state index is 12.3. The molecule has 2 N–H and O–H groups in total. The average Bonchev–Trinajstić information content (AvgIpc) is 2.65. The van der Waals surface area contributed by atoms with Crippen LogP contribution in [0.1, 0.15) is 32.6 Å². The number of piperidine rings is 1. The van der Waals surface area contributed by atoms with Gasteiger partial charge in [-0.3, -0.25) is 0 Å². The van der Waals surface area contributed by atoms with Crippen LogP contribution in [-0.4, -0.2) is 42.8 Å². The summed E-state index contributed by atoms with van der Waals surface area (Å²) in [5, 5.41) is 0. The van der Waals surface area contributed by atoms with Crippen molar-refractivity contribution in [2.45, 2.75) is 38.8 Å². The SMILES string of the molecule is CC1CCCN(S(=O)(=O)N2CCCC2N)C1. The fourth-order valence-electron chi connectivity index (χ4n) is 2.56. The molecular weight excluding hydrogens is 226 g/mol. The fourth-order valence-corrected chi connectivity index (χ4v) is 4.46. The average molecular weight is 247 g/mol. The van der Waals surface area contributed by atoms with Gasteiger partial charge in [0.25, 0.3) is 10.2 Å². The molecule has 6 heteroatoms. The number of nitrogens with zero attached hydrogens (tertiary/aromatic N) is 2. The van der Waals surface area contributed by atoms with Crippen LogP contribution in [0.5, 0.6) is 0 Å². The molecule has 2 fully saturated rings. The summed E-state index contributed by atoms with van der Waals surface area (Å²) in [4.78, 5) is 0. The molecule has 0 radical (unpaired) electrons. The van der Waals surface area contributed by atoms with E-state index < -0.39 is 10.2 Å². The molecule has 2 atom stereocenters.